The summed E-state index contributed by atoms with van der Waals surface area (Å²) in [5.41, 5.74) is 8.58. The zero-order valence-electron chi connectivity index (χ0n) is 24.7. The molecule has 1 heterocycles. The first-order chi connectivity index (χ1) is 20.4. The van der Waals surface area contributed by atoms with Crippen LogP contribution in [0.3, 0.4) is 0 Å². The number of nitrogens with zero attached hydrogens (tertiary/aromatic N) is 2. The van der Waals surface area contributed by atoms with Crippen molar-refractivity contribution in [1.29, 1.82) is 0 Å². The van der Waals surface area contributed by atoms with E-state index in [-0.39, 0.29) is 23.5 Å². The van der Waals surface area contributed by atoms with Crippen LogP contribution >= 0.6 is 0 Å². The Kier molecular flexibility index (Phi) is 9.48. The second-order valence-corrected chi connectivity index (χ2v) is 12.1. The van der Waals surface area contributed by atoms with E-state index in [1.165, 1.54) is 5.56 Å². The van der Waals surface area contributed by atoms with Gasteiger partial charge in [0, 0.05) is 31.9 Å². The number of carbonyl (C=O) groups is 2. The van der Waals surface area contributed by atoms with Crippen molar-refractivity contribution in [3.63, 3.8) is 0 Å². The Labute approximate surface area is 250 Å². The number of rotatable bonds is 10. The molecule has 222 valence electrons. The number of hydrogen-bond acceptors (Lipinski definition) is 5. The number of amides is 2. The topological polar surface area (TPSA) is 87.9 Å². The summed E-state index contributed by atoms with van der Waals surface area (Å²) in [5, 5.41) is 3.45. The predicted molar refractivity (Wildman–Crippen MR) is 167 cm³/mol. The lowest BCUT2D eigenvalue weighted by Crippen LogP contribution is -2.57. The molecule has 3 N–H and O–H groups in total. The fourth-order valence-electron chi connectivity index (χ4n) is 6.75. The Morgan fingerprint density at radius 3 is 2.05 bits per heavy atom. The Morgan fingerprint density at radius 2 is 1.45 bits per heavy atom. The number of piperidine rings is 1. The van der Waals surface area contributed by atoms with Gasteiger partial charge in [0.25, 0.3) is 0 Å². The summed E-state index contributed by atoms with van der Waals surface area (Å²) in [5.74, 6) is -0.281. The fraction of sp³-hybridized carbons (Fsp3) is 0.429. The van der Waals surface area contributed by atoms with Crippen molar-refractivity contribution in [2.45, 2.75) is 68.5 Å². The largest absolute Gasteiger partial charge is 0.445 e. The van der Waals surface area contributed by atoms with Crippen LogP contribution in [0, 0.1) is 0 Å². The highest BCUT2D eigenvalue weighted by molar-refractivity contribution is 5.88. The van der Waals surface area contributed by atoms with E-state index in [9.17, 15) is 9.59 Å². The molecule has 0 bridgehead atoms. The van der Waals surface area contributed by atoms with Gasteiger partial charge in [0.2, 0.25) is 5.91 Å². The van der Waals surface area contributed by atoms with Crippen LogP contribution in [0.15, 0.2) is 91.0 Å². The van der Waals surface area contributed by atoms with Gasteiger partial charge in [-0.3, -0.25) is 4.79 Å². The summed E-state index contributed by atoms with van der Waals surface area (Å²) in [6.45, 7) is 2.91. The normalized spacial score (nSPS) is 22.2. The Hall–Kier alpha value is -3.84. The average molecular weight is 569 g/mol. The first kappa shape index (κ1) is 29.6. The van der Waals surface area contributed by atoms with Crippen molar-refractivity contribution >= 4 is 17.7 Å². The molecular formula is C35H44N4O3. The van der Waals surface area contributed by atoms with Crippen LogP contribution in [0.4, 0.5) is 10.5 Å². The molecule has 1 saturated heterocycles. The fourth-order valence-corrected chi connectivity index (χ4v) is 6.75. The van der Waals surface area contributed by atoms with Crippen LogP contribution in [0.25, 0.3) is 0 Å². The van der Waals surface area contributed by atoms with E-state index in [0.29, 0.717) is 19.4 Å². The highest BCUT2D eigenvalue weighted by Gasteiger charge is 2.42. The number of ether oxygens (including phenoxy) is 1. The molecule has 3 aromatic carbocycles. The molecule has 5 rings (SSSR count). The number of nitrogens with two attached hydrogens (primary N) is 1. The van der Waals surface area contributed by atoms with E-state index in [4.69, 9.17) is 10.5 Å². The molecule has 7 nitrogen and oxygen atoms in total. The van der Waals surface area contributed by atoms with Gasteiger partial charge in [0.05, 0.1) is 0 Å². The lowest BCUT2D eigenvalue weighted by Gasteiger charge is -2.45. The number of primary amides is 1. The first-order valence-corrected chi connectivity index (χ1v) is 15.2. The molecule has 2 amide bonds. The average Bonchev–Trinajstić information content (AvgIpc) is 3.04. The predicted octanol–water partition coefficient (Wildman–Crippen LogP) is 5.96. The monoisotopic (exact) mass is 568 g/mol. The molecule has 3 aromatic rings. The van der Waals surface area contributed by atoms with E-state index in [0.717, 1.165) is 63.0 Å². The van der Waals surface area contributed by atoms with Crippen molar-refractivity contribution in [2.24, 2.45) is 5.73 Å². The van der Waals surface area contributed by atoms with E-state index in [1.54, 1.807) is 4.90 Å². The molecule has 1 aliphatic heterocycles. The zero-order valence-corrected chi connectivity index (χ0v) is 24.7. The molecule has 0 aromatic heterocycles. The maximum Gasteiger partial charge on any atom is 0.410 e. The molecule has 0 spiro atoms. The lowest BCUT2D eigenvalue weighted by atomic mass is 9.66. The SMILES string of the molecule is CN(C(=O)OCc1ccccc1)C1CCC(CCN2CCC(Nc3ccccc3)(C(N)=O)CC2)(c2ccccc2)CC1. The van der Waals surface area contributed by atoms with E-state index >= 15 is 0 Å². The molecule has 1 aliphatic carbocycles. The number of likely N-dealkylation sites (tertiary alicyclic amines) is 1. The Morgan fingerprint density at radius 1 is 0.881 bits per heavy atom. The van der Waals surface area contributed by atoms with E-state index in [1.807, 2.05) is 67.7 Å². The van der Waals surface area contributed by atoms with Gasteiger partial charge in [-0.2, -0.15) is 0 Å². The third-order valence-corrected chi connectivity index (χ3v) is 9.58. The molecule has 42 heavy (non-hydrogen) atoms. The standard InChI is InChI=1S/C35H44N4O3/c1-38(33(41)42-27-28-11-5-2-6-12-28)31-17-19-34(20-18-31,29-13-7-3-8-14-29)21-24-39-25-22-35(23-26-39,32(36)40)37-30-15-9-4-10-16-30/h2-16,31,37H,17-27H2,1H3,(H2,36,40). The van der Waals surface area contributed by atoms with Crippen LogP contribution in [0.1, 0.15) is 56.1 Å². The van der Waals surface area contributed by atoms with Crippen LogP contribution in [-0.2, 0) is 21.6 Å². The second kappa shape index (κ2) is 13.4. The van der Waals surface area contributed by atoms with Gasteiger partial charge >= 0.3 is 6.09 Å². The van der Waals surface area contributed by atoms with Crippen LogP contribution in [0.2, 0.25) is 0 Å². The lowest BCUT2D eigenvalue weighted by molar-refractivity contribution is -0.123. The third kappa shape index (κ3) is 6.96. The minimum atomic E-state index is -0.716. The summed E-state index contributed by atoms with van der Waals surface area (Å²) in [6, 6.07) is 30.7. The van der Waals surface area contributed by atoms with Crippen molar-refractivity contribution in [3.05, 3.63) is 102 Å². The quantitative estimate of drug-likeness (QED) is 0.315. The van der Waals surface area contributed by atoms with Crippen LogP contribution < -0.4 is 11.1 Å². The molecule has 0 atom stereocenters. The summed E-state index contributed by atoms with van der Waals surface area (Å²) in [6.07, 6.45) is 6.09. The summed E-state index contributed by atoms with van der Waals surface area (Å²) >= 11 is 0. The smallest absolute Gasteiger partial charge is 0.410 e. The molecule has 2 fully saturated rings. The number of nitrogens with one attached hydrogen (secondary N) is 1. The molecule has 7 heteroatoms. The first-order valence-electron chi connectivity index (χ1n) is 15.2. The van der Waals surface area contributed by atoms with Crippen molar-refractivity contribution in [2.75, 3.05) is 32.0 Å². The van der Waals surface area contributed by atoms with Gasteiger partial charge in [-0.05, 0) is 80.2 Å². The van der Waals surface area contributed by atoms with Gasteiger partial charge in [-0.15, -0.1) is 0 Å². The van der Waals surface area contributed by atoms with Crippen molar-refractivity contribution < 1.29 is 14.3 Å². The highest BCUT2D eigenvalue weighted by atomic mass is 16.6. The van der Waals surface area contributed by atoms with E-state index in [2.05, 4.69) is 40.5 Å². The van der Waals surface area contributed by atoms with Crippen molar-refractivity contribution in [3.8, 4) is 0 Å². The minimum absolute atomic E-state index is 0.0626. The number of anilines is 1. The number of carbonyl (C=O) groups excluding carboxylic acids is 2. The number of para-hydroxylation sites is 1. The van der Waals surface area contributed by atoms with Gasteiger partial charge in [0.1, 0.15) is 12.1 Å². The molecule has 0 unspecified atom stereocenters. The maximum atomic E-state index is 12.9. The third-order valence-electron chi connectivity index (χ3n) is 9.58. The molecule has 1 saturated carbocycles. The molecule has 2 aliphatic rings. The van der Waals surface area contributed by atoms with E-state index < -0.39 is 5.54 Å². The van der Waals surface area contributed by atoms with Gasteiger partial charge in [-0.25, -0.2) is 4.79 Å². The Bertz CT molecular complexity index is 1290. The summed E-state index contributed by atoms with van der Waals surface area (Å²) < 4.78 is 5.62. The molecular weight excluding hydrogens is 524 g/mol. The minimum Gasteiger partial charge on any atom is -0.445 e. The van der Waals surface area contributed by atoms with Crippen molar-refractivity contribution in [1.82, 2.24) is 9.80 Å². The second-order valence-electron chi connectivity index (χ2n) is 12.1. The summed E-state index contributed by atoms with van der Waals surface area (Å²) in [4.78, 5) is 29.7. The van der Waals surface area contributed by atoms with Crippen LogP contribution in [-0.4, -0.2) is 60.1 Å². The summed E-state index contributed by atoms with van der Waals surface area (Å²) in [7, 11) is 1.87. The highest BCUT2D eigenvalue weighted by Crippen LogP contribution is 2.44. The number of hydrogen-bond donors (Lipinski definition) is 2. The molecule has 0 radical (unpaired) electrons. The Balaban J connectivity index is 1.18. The maximum absolute atomic E-state index is 12.9. The van der Waals surface area contributed by atoms with Gasteiger partial charge in [0.15, 0.2) is 0 Å². The zero-order chi connectivity index (χ0) is 29.4. The number of benzene rings is 3. The van der Waals surface area contributed by atoms with Gasteiger partial charge < -0.3 is 25.6 Å². The van der Waals surface area contributed by atoms with Crippen LogP contribution in [0.5, 0.6) is 0 Å². The van der Waals surface area contributed by atoms with Gasteiger partial charge in [-0.1, -0.05) is 78.9 Å².